The molecule has 0 spiro atoms. The van der Waals surface area contributed by atoms with Gasteiger partial charge in [0.2, 0.25) is 18.3 Å². The Bertz CT molecular complexity index is 1040. The smallest absolute Gasteiger partial charge is 0.373 e. The van der Waals surface area contributed by atoms with Gasteiger partial charge in [0.25, 0.3) is 11.1 Å². The molecule has 0 aliphatic carbocycles. The molecular weight excluding hydrogens is 402 g/mol. The second kappa shape index (κ2) is 7.55. The van der Waals surface area contributed by atoms with Crippen molar-refractivity contribution in [2.24, 2.45) is 0 Å². The summed E-state index contributed by atoms with van der Waals surface area (Å²) in [6.07, 6.45) is 1.58. The van der Waals surface area contributed by atoms with Gasteiger partial charge in [0.15, 0.2) is 11.5 Å². The van der Waals surface area contributed by atoms with E-state index < -0.39 is 17.1 Å². The van der Waals surface area contributed by atoms with E-state index >= 15 is 0 Å². The fourth-order valence-corrected chi connectivity index (χ4v) is 3.69. The number of carbonyl (C=O) groups is 3. The van der Waals surface area contributed by atoms with E-state index in [0.29, 0.717) is 28.6 Å². The van der Waals surface area contributed by atoms with Crippen molar-refractivity contribution in [1.29, 1.82) is 0 Å². The summed E-state index contributed by atoms with van der Waals surface area (Å²) >= 11 is 0.813. The number of methoxy groups -OCH3 is 2. The second-order valence-electron chi connectivity index (χ2n) is 5.98. The van der Waals surface area contributed by atoms with Gasteiger partial charge in [0, 0.05) is 0 Å². The number of carbonyl (C=O) groups excluding carboxylic acids is 3. The second-order valence-corrected chi connectivity index (χ2v) is 6.98. The zero-order valence-corrected chi connectivity index (χ0v) is 16.2. The van der Waals surface area contributed by atoms with Gasteiger partial charge in [-0.05, 0) is 47.7 Å². The molecule has 1 fully saturated rings. The van der Waals surface area contributed by atoms with E-state index in [-0.39, 0.29) is 24.0 Å². The molecule has 1 aromatic carbocycles. The first kappa shape index (κ1) is 18.9. The number of ether oxygens (including phenoxy) is 4. The number of hydrogen-bond acceptors (Lipinski definition) is 9. The highest BCUT2D eigenvalue weighted by atomic mass is 32.2. The molecule has 2 aromatic rings. The van der Waals surface area contributed by atoms with Crippen LogP contribution in [0.5, 0.6) is 17.2 Å². The maximum absolute atomic E-state index is 12.7. The van der Waals surface area contributed by atoms with Crippen LogP contribution in [0.15, 0.2) is 33.6 Å². The summed E-state index contributed by atoms with van der Waals surface area (Å²) in [7, 11) is 2.73. The van der Waals surface area contributed by atoms with Gasteiger partial charge in [-0.2, -0.15) is 0 Å². The summed E-state index contributed by atoms with van der Waals surface area (Å²) in [4.78, 5) is 37.8. The first-order chi connectivity index (χ1) is 14.0. The average molecular weight is 417 g/mol. The summed E-state index contributed by atoms with van der Waals surface area (Å²) in [5, 5.41) is -0.440. The average Bonchev–Trinajstić information content (AvgIpc) is 3.43. The van der Waals surface area contributed by atoms with E-state index in [9.17, 15) is 14.4 Å². The minimum absolute atomic E-state index is 0.00234. The molecule has 0 radical (unpaired) electrons. The molecule has 2 aliphatic rings. The number of imide groups is 1. The summed E-state index contributed by atoms with van der Waals surface area (Å²) in [5.41, 5.74) is 0.627. The number of amides is 2. The van der Waals surface area contributed by atoms with Gasteiger partial charge in [0.05, 0.1) is 25.7 Å². The van der Waals surface area contributed by atoms with Crippen molar-refractivity contribution < 1.29 is 37.7 Å². The van der Waals surface area contributed by atoms with Crippen molar-refractivity contribution in [3.63, 3.8) is 0 Å². The van der Waals surface area contributed by atoms with Crippen molar-refractivity contribution in [2.75, 3.05) is 21.0 Å². The molecule has 4 rings (SSSR count). The Kier molecular flexibility index (Phi) is 4.93. The summed E-state index contributed by atoms with van der Waals surface area (Å²) < 4.78 is 25.9. The first-order valence-corrected chi connectivity index (χ1v) is 9.22. The third kappa shape index (κ3) is 3.54. The van der Waals surface area contributed by atoms with E-state index in [1.165, 1.54) is 26.4 Å². The molecule has 0 unspecified atom stereocenters. The Morgan fingerprint density at radius 3 is 2.83 bits per heavy atom. The lowest BCUT2D eigenvalue weighted by Crippen LogP contribution is -2.27. The highest BCUT2D eigenvalue weighted by Crippen LogP contribution is 2.43. The van der Waals surface area contributed by atoms with Gasteiger partial charge in [-0.25, -0.2) is 4.79 Å². The molecule has 3 heterocycles. The van der Waals surface area contributed by atoms with Crippen molar-refractivity contribution >= 4 is 35.0 Å². The quantitative estimate of drug-likeness (QED) is 0.536. The summed E-state index contributed by atoms with van der Waals surface area (Å²) in [6.45, 7) is -0.00810. The molecule has 10 heteroatoms. The third-order valence-corrected chi connectivity index (χ3v) is 5.12. The van der Waals surface area contributed by atoms with Gasteiger partial charge in [-0.15, -0.1) is 0 Å². The van der Waals surface area contributed by atoms with E-state index in [2.05, 4.69) is 4.74 Å². The predicted octanol–water partition coefficient (Wildman–Crippen LogP) is 3.04. The molecule has 0 atom stereocenters. The summed E-state index contributed by atoms with van der Waals surface area (Å²) in [6, 6.07) is 6.33. The van der Waals surface area contributed by atoms with Gasteiger partial charge in [-0.3, -0.25) is 14.5 Å². The SMILES string of the molecule is COC(=O)c1ccc(CN2C(=O)SC(=Cc3cc(OC)c4c(c3)OCO4)C2=O)o1. The number of esters is 1. The lowest BCUT2D eigenvalue weighted by atomic mass is 10.1. The van der Waals surface area contributed by atoms with Gasteiger partial charge >= 0.3 is 5.97 Å². The van der Waals surface area contributed by atoms with Crippen LogP contribution in [0, 0.1) is 0 Å². The maximum Gasteiger partial charge on any atom is 0.373 e. The van der Waals surface area contributed by atoms with Crippen molar-refractivity contribution in [2.45, 2.75) is 6.54 Å². The first-order valence-electron chi connectivity index (χ1n) is 8.40. The highest BCUT2D eigenvalue weighted by molar-refractivity contribution is 8.18. The topological polar surface area (TPSA) is 105 Å². The van der Waals surface area contributed by atoms with E-state index in [1.807, 2.05) is 0 Å². The minimum atomic E-state index is -0.637. The van der Waals surface area contributed by atoms with Crippen LogP contribution in [0.25, 0.3) is 6.08 Å². The largest absolute Gasteiger partial charge is 0.493 e. The Hall–Kier alpha value is -3.40. The van der Waals surface area contributed by atoms with Gasteiger partial charge in [-0.1, -0.05) is 0 Å². The monoisotopic (exact) mass is 417 g/mol. The lowest BCUT2D eigenvalue weighted by Gasteiger charge is -2.10. The minimum Gasteiger partial charge on any atom is -0.493 e. The van der Waals surface area contributed by atoms with E-state index in [0.717, 1.165) is 16.7 Å². The number of nitrogens with zero attached hydrogens (tertiary/aromatic N) is 1. The maximum atomic E-state index is 12.7. The number of rotatable bonds is 5. The molecule has 2 amide bonds. The zero-order chi connectivity index (χ0) is 20.5. The molecule has 1 aromatic heterocycles. The molecule has 29 heavy (non-hydrogen) atoms. The molecule has 150 valence electrons. The fraction of sp³-hybridized carbons (Fsp3) is 0.211. The van der Waals surface area contributed by atoms with Gasteiger partial charge < -0.3 is 23.4 Å². The van der Waals surface area contributed by atoms with Crippen LogP contribution in [0.1, 0.15) is 21.9 Å². The Morgan fingerprint density at radius 1 is 1.24 bits per heavy atom. The number of benzene rings is 1. The third-order valence-electron chi connectivity index (χ3n) is 4.21. The fourth-order valence-electron chi connectivity index (χ4n) is 2.85. The van der Waals surface area contributed by atoms with Crippen LogP contribution in [-0.2, 0) is 16.1 Å². The molecule has 0 bridgehead atoms. The van der Waals surface area contributed by atoms with Crippen LogP contribution in [-0.4, -0.2) is 43.0 Å². The van der Waals surface area contributed by atoms with E-state index in [4.69, 9.17) is 18.6 Å². The number of fused-ring (bicyclic) bond motifs is 1. The van der Waals surface area contributed by atoms with Gasteiger partial charge in [0.1, 0.15) is 5.76 Å². The normalized spacial score (nSPS) is 16.6. The Balaban J connectivity index is 1.55. The van der Waals surface area contributed by atoms with E-state index in [1.54, 1.807) is 18.2 Å². The molecule has 2 aliphatic heterocycles. The molecule has 0 saturated carbocycles. The zero-order valence-electron chi connectivity index (χ0n) is 15.4. The van der Waals surface area contributed by atoms with Crippen molar-refractivity contribution in [3.05, 3.63) is 46.3 Å². The molecule has 0 N–H and O–H groups in total. The molecule has 9 nitrogen and oxygen atoms in total. The molecule has 1 saturated heterocycles. The Morgan fingerprint density at radius 2 is 2.07 bits per heavy atom. The van der Waals surface area contributed by atoms with Crippen molar-refractivity contribution in [3.8, 4) is 17.2 Å². The number of thioether (sulfide) groups is 1. The van der Waals surface area contributed by atoms with Crippen LogP contribution in [0.3, 0.4) is 0 Å². The van der Waals surface area contributed by atoms with Crippen LogP contribution < -0.4 is 14.2 Å². The predicted molar refractivity (Wildman–Crippen MR) is 101 cm³/mol. The van der Waals surface area contributed by atoms with Crippen LogP contribution >= 0.6 is 11.8 Å². The number of hydrogen-bond donors (Lipinski definition) is 0. The summed E-state index contributed by atoms with van der Waals surface area (Å²) in [5.74, 6) is 0.653. The van der Waals surface area contributed by atoms with Crippen molar-refractivity contribution in [1.82, 2.24) is 4.90 Å². The molecular formula is C19H15NO8S. The highest BCUT2D eigenvalue weighted by Gasteiger charge is 2.36. The lowest BCUT2D eigenvalue weighted by molar-refractivity contribution is -0.123. The standard InChI is InChI=1S/C19H15NO8S/c1-24-13-5-10(6-14-16(13)27-9-26-14)7-15-17(21)20(19(23)29-15)8-11-3-4-12(28-11)18(22)25-2/h3-7H,8-9H2,1-2H3. The Labute approximate surface area is 169 Å². The number of furan rings is 1. The van der Waals surface area contributed by atoms with Crippen LogP contribution in [0.2, 0.25) is 0 Å². The van der Waals surface area contributed by atoms with Crippen LogP contribution in [0.4, 0.5) is 4.79 Å².